The molecular weight excluding hydrogens is 304 g/mol. The van der Waals surface area contributed by atoms with Gasteiger partial charge in [0, 0.05) is 17.9 Å². The maximum absolute atomic E-state index is 11.6. The molecule has 1 aliphatic heterocycles. The van der Waals surface area contributed by atoms with Crippen molar-refractivity contribution in [1.82, 2.24) is 0 Å². The molecule has 0 N–H and O–H groups in total. The van der Waals surface area contributed by atoms with Gasteiger partial charge in [0.2, 0.25) is 0 Å². The molecule has 3 aliphatic rings. The Hall–Kier alpha value is -1.81. The second kappa shape index (κ2) is 5.92. The van der Waals surface area contributed by atoms with E-state index in [2.05, 4.69) is 18.2 Å². The smallest absolute Gasteiger partial charge is 0.330 e. The molecule has 1 saturated carbocycles. The van der Waals surface area contributed by atoms with Crippen LogP contribution in [0.1, 0.15) is 36.3 Å². The Morgan fingerprint density at radius 2 is 2.21 bits per heavy atom. The Morgan fingerprint density at radius 1 is 1.33 bits per heavy atom. The minimum absolute atomic E-state index is 0.158. The van der Waals surface area contributed by atoms with Gasteiger partial charge >= 0.3 is 5.97 Å². The third-order valence-electron chi connectivity index (χ3n) is 6.21. The van der Waals surface area contributed by atoms with Gasteiger partial charge in [-0.05, 0) is 54.9 Å². The predicted octanol–water partition coefficient (Wildman–Crippen LogP) is 3.25. The zero-order valence-electron chi connectivity index (χ0n) is 14.3. The molecule has 0 amide bonds. The van der Waals surface area contributed by atoms with E-state index >= 15 is 0 Å². The van der Waals surface area contributed by atoms with E-state index in [-0.39, 0.29) is 11.6 Å². The first kappa shape index (κ1) is 15.7. The second-order valence-corrected chi connectivity index (χ2v) is 7.13. The van der Waals surface area contributed by atoms with Crippen LogP contribution in [0.5, 0.6) is 5.75 Å². The Labute approximate surface area is 142 Å². The molecule has 4 heteroatoms. The minimum Gasteiger partial charge on any atom is -0.497 e. The van der Waals surface area contributed by atoms with E-state index < -0.39 is 0 Å². The average Bonchev–Trinajstić information content (AvgIpc) is 2.84. The fourth-order valence-electron chi connectivity index (χ4n) is 5.08. The SMILES string of the molecule is COC(=O)/C=C/[C@H]1[C@@H]2CC[C@@H]3c4ccc(OC)cc4CC[C@@]31OC2. The fourth-order valence-corrected chi connectivity index (χ4v) is 5.08. The number of aryl methyl sites for hydroxylation is 1. The Balaban J connectivity index is 1.70. The van der Waals surface area contributed by atoms with Crippen LogP contribution < -0.4 is 4.74 Å². The molecule has 0 unspecified atom stereocenters. The summed E-state index contributed by atoms with van der Waals surface area (Å²) in [4.78, 5) is 11.6. The summed E-state index contributed by atoms with van der Waals surface area (Å²) in [6, 6.07) is 6.43. The highest BCUT2D eigenvalue weighted by molar-refractivity contribution is 5.81. The molecule has 128 valence electrons. The van der Waals surface area contributed by atoms with Crippen molar-refractivity contribution in [3.8, 4) is 5.75 Å². The molecule has 4 rings (SSSR count). The highest BCUT2D eigenvalue weighted by Gasteiger charge is 2.58. The van der Waals surface area contributed by atoms with Gasteiger partial charge in [0.05, 0.1) is 26.4 Å². The molecule has 1 aromatic rings. The van der Waals surface area contributed by atoms with Gasteiger partial charge in [0.15, 0.2) is 0 Å². The molecule has 1 spiro atoms. The van der Waals surface area contributed by atoms with Crippen molar-refractivity contribution in [2.75, 3.05) is 20.8 Å². The summed E-state index contributed by atoms with van der Waals surface area (Å²) in [5.41, 5.74) is 2.63. The van der Waals surface area contributed by atoms with Crippen molar-refractivity contribution in [2.24, 2.45) is 11.8 Å². The van der Waals surface area contributed by atoms with E-state index in [4.69, 9.17) is 14.2 Å². The summed E-state index contributed by atoms with van der Waals surface area (Å²) < 4.78 is 16.6. The highest BCUT2D eigenvalue weighted by atomic mass is 16.5. The van der Waals surface area contributed by atoms with E-state index in [0.717, 1.165) is 38.0 Å². The Bertz CT molecular complexity index is 680. The van der Waals surface area contributed by atoms with Crippen LogP contribution in [0.15, 0.2) is 30.4 Å². The average molecular weight is 328 g/mol. The first-order chi connectivity index (χ1) is 11.7. The third-order valence-corrected chi connectivity index (χ3v) is 6.21. The topological polar surface area (TPSA) is 44.8 Å². The first-order valence-electron chi connectivity index (χ1n) is 8.75. The second-order valence-electron chi connectivity index (χ2n) is 7.13. The van der Waals surface area contributed by atoms with Crippen molar-refractivity contribution in [2.45, 2.75) is 37.2 Å². The summed E-state index contributed by atoms with van der Waals surface area (Å²) in [5.74, 6) is 1.85. The summed E-state index contributed by atoms with van der Waals surface area (Å²) in [6.45, 7) is 0.804. The lowest BCUT2D eigenvalue weighted by atomic mass is 9.58. The molecule has 24 heavy (non-hydrogen) atoms. The number of hydrogen-bond donors (Lipinski definition) is 0. The normalized spacial score (nSPS) is 33.8. The van der Waals surface area contributed by atoms with Gasteiger partial charge in [-0.25, -0.2) is 4.79 Å². The van der Waals surface area contributed by atoms with Gasteiger partial charge < -0.3 is 14.2 Å². The molecule has 1 aromatic carbocycles. The summed E-state index contributed by atoms with van der Waals surface area (Å²) >= 11 is 0. The van der Waals surface area contributed by atoms with Crippen LogP contribution >= 0.6 is 0 Å². The maximum Gasteiger partial charge on any atom is 0.330 e. The van der Waals surface area contributed by atoms with Crippen LogP contribution in [-0.2, 0) is 20.7 Å². The lowest BCUT2D eigenvalue weighted by Crippen LogP contribution is -2.48. The van der Waals surface area contributed by atoms with E-state index in [9.17, 15) is 4.79 Å². The van der Waals surface area contributed by atoms with E-state index in [1.807, 2.05) is 6.08 Å². The number of rotatable bonds is 3. The zero-order valence-corrected chi connectivity index (χ0v) is 14.3. The molecule has 1 saturated heterocycles. The van der Waals surface area contributed by atoms with Crippen LogP contribution in [-0.4, -0.2) is 32.4 Å². The molecule has 0 aromatic heterocycles. The maximum atomic E-state index is 11.6. The number of esters is 1. The van der Waals surface area contributed by atoms with Crippen molar-refractivity contribution in [1.29, 1.82) is 0 Å². The van der Waals surface area contributed by atoms with Crippen LogP contribution in [0.2, 0.25) is 0 Å². The van der Waals surface area contributed by atoms with Crippen LogP contribution in [0, 0.1) is 11.8 Å². The summed E-state index contributed by atoms with van der Waals surface area (Å²) in [6.07, 6.45) is 7.94. The minimum atomic E-state index is -0.283. The van der Waals surface area contributed by atoms with Gasteiger partial charge in [-0.15, -0.1) is 0 Å². The predicted molar refractivity (Wildman–Crippen MR) is 90.1 cm³/mol. The lowest BCUT2D eigenvalue weighted by molar-refractivity contribution is -0.134. The van der Waals surface area contributed by atoms with E-state index in [1.54, 1.807) is 13.2 Å². The fraction of sp³-hybridized carbons (Fsp3) is 0.550. The summed E-state index contributed by atoms with van der Waals surface area (Å²) in [5, 5.41) is 0. The van der Waals surface area contributed by atoms with Gasteiger partial charge in [-0.2, -0.15) is 0 Å². The third kappa shape index (κ3) is 2.27. The standard InChI is InChI=1S/C20H24O4/c1-22-15-4-5-16-13(11-15)9-10-20-17(7-8-19(21)23-2)14(12-24-20)3-6-18(16)20/h4-5,7-8,11,14,17-18H,3,6,9-10,12H2,1-2H3/b8-7+/t14-,17+,18-,20+/m1/s1. The van der Waals surface area contributed by atoms with Gasteiger partial charge in [0.25, 0.3) is 0 Å². The van der Waals surface area contributed by atoms with Crippen molar-refractivity contribution in [3.05, 3.63) is 41.5 Å². The number of carbonyl (C=O) groups is 1. The van der Waals surface area contributed by atoms with Crippen LogP contribution in [0.3, 0.4) is 0 Å². The number of ether oxygens (including phenoxy) is 3. The Morgan fingerprint density at radius 3 is 3.00 bits per heavy atom. The first-order valence-corrected chi connectivity index (χ1v) is 8.75. The molecule has 2 aliphatic carbocycles. The lowest BCUT2D eigenvalue weighted by Gasteiger charge is -2.48. The van der Waals surface area contributed by atoms with Crippen molar-refractivity contribution >= 4 is 5.97 Å². The molecule has 4 nitrogen and oxygen atoms in total. The van der Waals surface area contributed by atoms with Gasteiger partial charge in [0.1, 0.15) is 5.75 Å². The molecule has 2 bridgehead atoms. The van der Waals surface area contributed by atoms with Crippen LogP contribution in [0.25, 0.3) is 0 Å². The molecule has 4 atom stereocenters. The van der Waals surface area contributed by atoms with Crippen LogP contribution in [0.4, 0.5) is 0 Å². The number of benzene rings is 1. The van der Waals surface area contributed by atoms with Crippen molar-refractivity contribution < 1.29 is 19.0 Å². The largest absolute Gasteiger partial charge is 0.497 e. The number of hydrogen-bond acceptors (Lipinski definition) is 4. The quantitative estimate of drug-likeness (QED) is 0.631. The Kier molecular flexibility index (Phi) is 3.87. The van der Waals surface area contributed by atoms with E-state index in [1.165, 1.54) is 18.2 Å². The monoisotopic (exact) mass is 328 g/mol. The summed E-state index contributed by atoms with van der Waals surface area (Å²) in [7, 11) is 3.13. The number of carbonyl (C=O) groups excluding carboxylic acids is 1. The molecule has 1 heterocycles. The van der Waals surface area contributed by atoms with Gasteiger partial charge in [-0.1, -0.05) is 12.1 Å². The van der Waals surface area contributed by atoms with E-state index in [0.29, 0.717) is 17.8 Å². The number of fused-ring (bicyclic) bond motifs is 3. The molecule has 2 fully saturated rings. The molecular formula is C20H24O4. The number of methoxy groups -OCH3 is 2. The molecule has 0 radical (unpaired) electrons. The zero-order chi connectivity index (χ0) is 16.7. The van der Waals surface area contributed by atoms with Crippen molar-refractivity contribution in [3.63, 3.8) is 0 Å². The highest BCUT2D eigenvalue weighted by Crippen LogP contribution is 2.59. The van der Waals surface area contributed by atoms with Gasteiger partial charge in [-0.3, -0.25) is 0 Å².